The van der Waals surface area contributed by atoms with Crippen LogP contribution in [-0.4, -0.2) is 30.1 Å². The first kappa shape index (κ1) is 16.5. The Hall–Kier alpha value is -1.40. The van der Waals surface area contributed by atoms with Gasteiger partial charge in [0.2, 0.25) is 0 Å². The zero-order valence-electron chi connectivity index (χ0n) is 13.0. The van der Waals surface area contributed by atoms with Crippen LogP contribution < -0.4 is 0 Å². The summed E-state index contributed by atoms with van der Waals surface area (Å²) in [6, 6.07) is 17.9. The Morgan fingerprint density at radius 2 is 2.00 bits per heavy atom. The van der Waals surface area contributed by atoms with E-state index in [2.05, 4.69) is 34.7 Å². The smallest absolute Gasteiger partial charge is 0.254 e. The molecule has 1 saturated heterocycles. The normalized spacial score (nSPS) is 17.2. The molecule has 1 aliphatic heterocycles. The topological polar surface area (TPSA) is 29.5 Å². The van der Waals surface area contributed by atoms with Crippen LogP contribution in [0.1, 0.15) is 28.8 Å². The number of benzene rings is 2. The van der Waals surface area contributed by atoms with Gasteiger partial charge in [-0.3, -0.25) is 4.79 Å². The van der Waals surface area contributed by atoms with Crippen LogP contribution in [0.5, 0.6) is 0 Å². The Labute approximate surface area is 150 Å². The quantitative estimate of drug-likeness (QED) is 0.681. The van der Waals surface area contributed by atoms with Crippen LogP contribution in [0.4, 0.5) is 0 Å². The predicted molar refractivity (Wildman–Crippen MR) is 99.3 cm³/mol. The number of nitrogens with zero attached hydrogens (tertiary/aromatic N) is 1. The molecule has 2 aromatic carbocycles. The largest absolute Gasteiger partial charge is 0.376 e. The number of carbonyl (C=O) groups is 1. The van der Waals surface area contributed by atoms with Crippen molar-refractivity contribution < 1.29 is 9.53 Å². The summed E-state index contributed by atoms with van der Waals surface area (Å²) >= 11 is 2.24. The van der Waals surface area contributed by atoms with E-state index >= 15 is 0 Å². The fraction of sp³-hybridized carbons (Fsp3) is 0.316. The van der Waals surface area contributed by atoms with Crippen LogP contribution in [-0.2, 0) is 11.3 Å². The zero-order chi connectivity index (χ0) is 16.1. The highest BCUT2D eigenvalue weighted by Gasteiger charge is 2.23. The van der Waals surface area contributed by atoms with E-state index in [0.717, 1.165) is 34.1 Å². The third-order valence-corrected chi connectivity index (χ3v) is 4.69. The predicted octanol–water partition coefficient (Wildman–Crippen LogP) is 4.11. The van der Waals surface area contributed by atoms with Crippen molar-refractivity contribution in [2.24, 2.45) is 0 Å². The minimum atomic E-state index is 0.0721. The number of carbonyl (C=O) groups excluding carboxylic acids is 1. The molecule has 4 heteroatoms. The van der Waals surface area contributed by atoms with Gasteiger partial charge in [0.1, 0.15) is 0 Å². The molecular formula is C19H20INO2. The second kappa shape index (κ2) is 7.93. The summed E-state index contributed by atoms with van der Waals surface area (Å²) in [5, 5.41) is 0. The van der Waals surface area contributed by atoms with Gasteiger partial charge in [0.05, 0.1) is 6.10 Å². The summed E-state index contributed by atoms with van der Waals surface area (Å²) < 4.78 is 6.81. The van der Waals surface area contributed by atoms with Crippen molar-refractivity contribution in [1.82, 2.24) is 4.90 Å². The van der Waals surface area contributed by atoms with Crippen LogP contribution in [0.25, 0.3) is 0 Å². The minimum Gasteiger partial charge on any atom is -0.376 e. The van der Waals surface area contributed by atoms with Gasteiger partial charge in [-0.05, 0) is 59.2 Å². The maximum absolute atomic E-state index is 13.0. The van der Waals surface area contributed by atoms with E-state index in [1.165, 1.54) is 0 Å². The van der Waals surface area contributed by atoms with Crippen molar-refractivity contribution in [3.63, 3.8) is 0 Å². The molecule has 23 heavy (non-hydrogen) atoms. The summed E-state index contributed by atoms with van der Waals surface area (Å²) in [6.45, 7) is 2.07. The molecule has 0 N–H and O–H groups in total. The third-order valence-electron chi connectivity index (χ3n) is 4.02. The van der Waals surface area contributed by atoms with E-state index in [4.69, 9.17) is 4.74 Å². The molecule has 1 amide bonds. The first-order valence-corrected chi connectivity index (χ1v) is 9.00. The average molecular weight is 421 g/mol. The van der Waals surface area contributed by atoms with Crippen molar-refractivity contribution in [3.05, 3.63) is 69.3 Å². The number of rotatable bonds is 5. The Balaban J connectivity index is 1.79. The highest BCUT2D eigenvalue weighted by Crippen LogP contribution is 2.18. The fourth-order valence-electron chi connectivity index (χ4n) is 2.86. The summed E-state index contributed by atoms with van der Waals surface area (Å²) in [5.74, 6) is 0.0721. The lowest BCUT2D eigenvalue weighted by atomic mass is 10.1. The number of hydrogen-bond acceptors (Lipinski definition) is 2. The molecule has 1 atom stereocenters. The molecule has 2 aromatic rings. The molecule has 0 aliphatic carbocycles. The second-order valence-corrected chi connectivity index (χ2v) is 7.06. The van der Waals surface area contributed by atoms with E-state index in [-0.39, 0.29) is 12.0 Å². The van der Waals surface area contributed by atoms with Crippen LogP contribution in [0.3, 0.4) is 0 Å². The Bertz CT molecular complexity index is 653. The van der Waals surface area contributed by atoms with Crippen molar-refractivity contribution in [3.8, 4) is 0 Å². The van der Waals surface area contributed by atoms with Gasteiger partial charge in [-0.15, -0.1) is 0 Å². The molecule has 0 radical (unpaired) electrons. The number of halogens is 1. The van der Waals surface area contributed by atoms with Crippen molar-refractivity contribution >= 4 is 28.5 Å². The molecule has 0 aromatic heterocycles. The maximum atomic E-state index is 13.0. The summed E-state index contributed by atoms with van der Waals surface area (Å²) in [6.07, 6.45) is 2.28. The summed E-state index contributed by atoms with van der Waals surface area (Å²) in [5.41, 5.74) is 1.88. The van der Waals surface area contributed by atoms with E-state index in [1.54, 1.807) is 0 Å². The van der Waals surface area contributed by atoms with Crippen LogP contribution in [0, 0.1) is 3.57 Å². The molecule has 0 bridgehead atoms. The molecule has 1 heterocycles. The number of amides is 1. The van der Waals surface area contributed by atoms with Gasteiger partial charge in [0.25, 0.3) is 5.91 Å². The van der Waals surface area contributed by atoms with E-state index in [9.17, 15) is 4.79 Å². The summed E-state index contributed by atoms with van der Waals surface area (Å²) in [4.78, 5) is 14.9. The van der Waals surface area contributed by atoms with E-state index in [0.29, 0.717) is 13.1 Å². The zero-order valence-corrected chi connectivity index (χ0v) is 15.1. The second-order valence-electron chi connectivity index (χ2n) is 5.82. The van der Waals surface area contributed by atoms with E-state index < -0.39 is 0 Å². The van der Waals surface area contributed by atoms with Gasteiger partial charge < -0.3 is 9.64 Å². The molecule has 1 fully saturated rings. The van der Waals surface area contributed by atoms with Crippen LogP contribution in [0.15, 0.2) is 54.6 Å². The van der Waals surface area contributed by atoms with Crippen LogP contribution >= 0.6 is 22.6 Å². The lowest BCUT2D eigenvalue weighted by Crippen LogP contribution is -2.37. The van der Waals surface area contributed by atoms with Gasteiger partial charge in [-0.2, -0.15) is 0 Å². The SMILES string of the molecule is O=C(c1cccc(I)c1)N(Cc1ccccc1)CC1CCCO1. The lowest BCUT2D eigenvalue weighted by molar-refractivity contribution is 0.0507. The molecule has 1 aliphatic rings. The standard InChI is InChI=1S/C19H20INO2/c20-17-9-4-8-16(12-17)19(22)21(14-18-10-5-11-23-18)13-15-6-2-1-3-7-15/h1-4,6-9,12,18H,5,10-11,13-14H2. The molecule has 0 spiro atoms. The first-order valence-electron chi connectivity index (χ1n) is 7.93. The van der Waals surface area contributed by atoms with Gasteiger partial charge in [0, 0.05) is 28.8 Å². The van der Waals surface area contributed by atoms with Crippen molar-refractivity contribution in [1.29, 1.82) is 0 Å². The van der Waals surface area contributed by atoms with Gasteiger partial charge in [-0.25, -0.2) is 0 Å². The lowest BCUT2D eigenvalue weighted by Gasteiger charge is -2.26. The molecule has 1 unspecified atom stereocenters. The van der Waals surface area contributed by atoms with Crippen molar-refractivity contribution in [2.45, 2.75) is 25.5 Å². The highest BCUT2D eigenvalue weighted by atomic mass is 127. The van der Waals surface area contributed by atoms with Gasteiger partial charge in [0.15, 0.2) is 0 Å². The van der Waals surface area contributed by atoms with Crippen molar-refractivity contribution in [2.75, 3.05) is 13.2 Å². The van der Waals surface area contributed by atoms with Crippen LogP contribution in [0.2, 0.25) is 0 Å². The van der Waals surface area contributed by atoms with E-state index in [1.807, 2.05) is 47.4 Å². The average Bonchev–Trinajstić information content (AvgIpc) is 3.08. The Kier molecular flexibility index (Phi) is 5.67. The Morgan fingerprint density at radius 1 is 1.17 bits per heavy atom. The molecule has 3 nitrogen and oxygen atoms in total. The maximum Gasteiger partial charge on any atom is 0.254 e. The molecular weight excluding hydrogens is 401 g/mol. The molecule has 120 valence electrons. The highest BCUT2D eigenvalue weighted by molar-refractivity contribution is 14.1. The minimum absolute atomic E-state index is 0.0721. The Morgan fingerprint density at radius 3 is 2.70 bits per heavy atom. The third kappa shape index (κ3) is 4.54. The number of ether oxygens (including phenoxy) is 1. The van der Waals surface area contributed by atoms with Gasteiger partial charge in [-0.1, -0.05) is 36.4 Å². The summed E-state index contributed by atoms with van der Waals surface area (Å²) in [7, 11) is 0. The first-order chi connectivity index (χ1) is 11.2. The fourth-order valence-corrected chi connectivity index (χ4v) is 3.40. The molecule has 3 rings (SSSR count). The van der Waals surface area contributed by atoms with Gasteiger partial charge >= 0.3 is 0 Å². The number of hydrogen-bond donors (Lipinski definition) is 0. The monoisotopic (exact) mass is 421 g/mol. The molecule has 0 saturated carbocycles.